The maximum Gasteiger partial charge on any atom is 0.416 e. The summed E-state index contributed by atoms with van der Waals surface area (Å²) in [6, 6.07) is 21.6. The van der Waals surface area contributed by atoms with E-state index < -0.39 is 17.7 Å². The molecule has 156 valence electrons. The molecule has 4 aromatic rings. The molecule has 0 radical (unpaired) electrons. The summed E-state index contributed by atoms with van der Waals surface area (Å²) in [6.07, 6.45) is -4.53. The number of alkyl halides is 3. The summed E-state index contributed by atoms with van der Waals surface area (Å²) in [5.41, 5.74) is 1.82. The van der Waals surface area contributed by atoms with E-state index in [4.69, 9.17) is 4.74 Å². The Morgan fingerprint density at radius 1 is 0.871 bits per heavy atom. The van der Waals surface area contributed by atoms with Crippen molar-refractivity contribution in [3.63, 3.8) is 0 Å². The van der Waals surface area contributed by atoms with Gasteiger partial charge in [0.2, 0.25) is 5.82 Å². The molecular formula is C23H16F3N3O2. The normalized spacial score (nSPS) is 11.4. The Balaban J connectivity index is 1.76. The minimum atomic E-state index is -4.53. The number of benzene rings is 3. The molecule has 0 amide bonds. The molecule has 0 aliphatic heterocycles. The molecule has 0 atom stereocenters. The summed E-state index contributed by atoms with van der Waals surface area (Å²) in [5, 5.41) is 4.28. The first-order chi connectivity index (χ1) is 14.9. The zero-order chi connectivity index (χ0) is 22.0. The third-order valence-electron chi connectivity index (χ3n) is 4.64. The van der Waals surface area contributed by atoms with Crippen LogP contribution in [0.15, 0.2) is 78.9 Å². The second-order valence-electron chi connectivity index (χ2n) is 6.65. The number of halogens is 3. The molecule has 0 unspecified atom stereocenters. The Morgan fingerprint density at radius 2 is 1.52 bits per heavy atom. The van der Waals surface area contributed by atoms with Gasteiger partial charge in [-0.25, -0.2) is 14.5 Å². The summed E-state index contributed by atoms with van der Waals surface area (Å²) in [5.74, 6) is -0.835. The molecular weight excluding hydrogens is 407 g/mol. The van der Waals surface area contributed by atoms with Crippen LogP contribution < -0.4 is 0 Å². The lowest BCUT2D eigenvalue weighted by molar-refractivity contribution is -0.137. The van der Waals surface area contributed by atoms with Gasteiger partial charge in [-0.15, -0.1) is 5.10 Å². The van der Waals surface area contributed by atoms with Gasteiger partial charge in [-0.05, 0) is 29.3 Å². The first-order valence-electron chi connectivity index (χ1n) is 9.25. The number of esters is 1. The molecule has 5 nitrogen and oxygen atoms in total. The SMILES string of the molecule is COC(=O)c1nc(-c2ccc(-c3ccccc3)cc2)nn1-c1cccc(C(F)(F)F)c1. The second kappa shape index (κ2) is 8.06. The zero-order valence-corrected chi connectivity index (χ0v) is 16.3. The Bertz CT molecular complexity index is 1220. The minimum absolute atomic E-state index is 0.0508. The third kappa shape index (κ3) is 4.18. The number of rotatable bonds is 4. The molecule has 4 rings (SSSR count). The van der Waals surface area contributed by atoms with Gasteiger partial charge in [0, 0.05) is 5.56 Å². The van der Waals surface area contributed by atoms with E-state index in [-0.39, 0.29) is 17.3 Å². The van der Waals surface area contributed by atoms with Gasteiger partial charge in [-0.1, -0.05) is 60.7 Å². The summed E-state index contributed by atoms with van der Waals surface area (Å²) >= 11 is 0. The van der Waals surface area contributed by atoms with Crippen LogP contribution in [0.5, 0.6) is 0 Å². The van der Waals surface area contributed by atoms with Crippen molar-refractivity contribution in [1.82, 2.24) is 14.8 Å². The van der Waals surface area contributed by atoms with E-state index in [2.05, 4.69) is 10.1 Å². The van der Waals surface area contributed by atoms with Crippen molar-refractivity contribution in [2.75, 3.05) is 7.11 Å². The Labute approximate surface area is 175 Å². The van der Waals surface area contributed by atoms with Crippen LogP contribution >= 0.6 is 0 Å². The smallest absolute Gasteiger partial charge is 0.416 e. The summed E-state index contributed by atoms with van der Waals surface area (Å²) in [4.78, 5) is 16.4. The van der Waals surface area contributed by atoms with Gasteiger partial charge in [-0.3, -0.25) is 0 Å². The van der Waals surface area contributed by atoms with Crippen molar-refractivity contribution < 1.29 is 22.7 Å². The van der Waals surface area contributed by atoms with Gasteiger partial charge in [0.05, 0.1) is 18.4 Å². The fraction of sp³-hybridized carbons (Fsp3) is 0.0870. The predicted molar refractivity (Wildman–Crippen MR) is 109 cm³/mol. The van der Waals surface area contributed by atoms with Crippen LogP contribution in [-0.2, 0) is 10.9 Å². The highest BCUT2D eigenvalue weighted by Crippen LogP contribution is 2.31. The monoisotopic (exact) mass is 423 g/mol. The first kappa shape index (κ1) is 20.3. The van der Waals surface area contributed by atoms with Crippen LogP contribution in [0.1, 0.15) is 16.2 Å². The molecule has 1 heterocycles. The topological polar surface area (TPSA) is 57.0 Å². The minimum Gasteiger partial charge on any atom is -0.463 e. The van der Waals surface area contributed by atoms with Crippen molar-refractivity contribution in [1.29, 1.82) is 0 Å². The molecule has 0 saturated heterocycles. The van der Waals surface area contributed by atoms with Crippen molar-refractivity contribution in [3.8, 4) is 28.2 Å². The third-order valence-corrected chi connectivity index (χ3v) is 4.64. The molecule has 0 saturated carbocycles. The number of methoxy groups -OCH3 is 1. The highest BCUT2D eigenvalue weighted by Gasteiger charge is 2.31. The summed E-state index contributed by atoms with van der Waals surface area (Å²) < 4.78 is 45.2. The van der Waals surface area contributed by atoms with Crippen molar-refractivity contribution in [2.24, 2.45) is 0 Å². The molecule has 0 aliphatic carbocycles. The van der Waals surface area contributed by atoms with E-state index in [1.165, 1.54) is 19.2 Å². The largest absolute Gasteiger partial charge is 0.463 e. The van der Waals surface area contributed by atoms with E-state index >= 15 is 0 Å². The number of ether oxygens (including phenoxy) is 1. The molecule has 0 fully saturated rings. The van der Waals surface area contributed by atoms with Crippen LogP contribution in [0.25, 0.3) is 28.2 Å². The standard InChI is InChI=1S/C23H16F3N3O2/c1-31-22(30)21-27-20(17-12-10-16(11-13-17)15-6-3-2-4-7-15)28-29(21)19-9-5-8-18(14-19)23(24,25)26/h2-14H,1H3. The Kier molecular flexibility index (Phi) is 5.29. The lowest BCUT2D eigenvalue weighted by atomic mass is 10.0. The van der Waals surface area contributed by atoms with Crippen molar-refractivity contribution >= 4 is 5.97 Å². The van der Waals surface area contributed by atoms with Crippen molar-refractivity contribution in [3.05, 3.63) is 90.3 Å². The number of nitrogens with zero attached hydrogens (tertiary/aromatic N) is 3. The van der Waals surface area contributed by atoms with Crippen LogP contribution in [0.2, 0.25) is 0 Å². The first-order valence-corrected chi connectivity index (χ1v) is 9.25. The Morgan fingerprint density at radius 3 is 2.16 bits per heavy atom. The summed E-state index contributed by atoms with van der Waals surface area (Å²) in [7, 11) is 1.17. The van der Waals surface area contributed by atoms with Gasteiger partial charge < -0.3 is 4.74 Å². The van der Waals surface area contributed by atoms with Crippen LogP contribution in [-0.4, -0.2) is 27.8 Å². The average molecular weight is 423 g/mol. The molecule has 0 spiro atoms. The van der Waals surface area contributed by atoms with Gasteiger partial charge in [0.25, 0.3) is 0 Å². The molecule has 8 heteroatoms. The van der Waals surface area contributed by atoms with Gasteiger partial charge in [0.15, 0.2) is 5.82 Å². The number of carbonyl (C=O) groups excluding carboxylic acids is 1. The van der Waals surface area contributed by atoms with E-state index in [1.807, 2.05) is 42.5 Å². The fourth-order valence-electron chi connectivity index (χ4n) is 3.09. The van der Waals surface area contributed by atoms with Crippen LogP contribution in [0.4, 0.5) is 13.2 Å². The lowest BCUT2D eigenvalue weighted by Crippen LogP contribution is -2.13. The van der Waals surface area contributed by atoms with E-state index in [0.29, 0.717) is 5.56 Å². The maximum atomic E-state index is 13.1. The summed E-state index contributed by atoms with van der Waals surface area (Å²) in [6.45, 7) is 0. The number of hydrogen-bond acceptors (Lipinski definition) is 4. The van der Waals surface area contributed by atoms with Crippen LogP contribution in [0.3, 0.4) is 0 Å². The van der Waals surface area contributed by atoms with E-state index in [0.717, 1.165) is 27.9 Å². The fourth-order valence-corrected chi connectivity index (χ4v) is 3.09. The molecule has 3 aromatic carbocycles. The van der Waals surface area contributed by atoms with Crippen LogP contribution in [0, 0.1) is 0 Å². The van der Waals surface area contributed by atoms with Gasteiger partial charge >= 0.3 is 12.1 Å². The highest BCUT2D eigenvalue weighted by molar-refractivity contribution is 5.86. The zero-order valence-electron chi connectivity index (χ0n) is 16.3. The van der Waals surface area contributed by atoms with Crippen molar-refractivity contribution in [2.45, 2.75) is 6.18 Å². The molecule has 0 bridgehead atoms. The van der Waals surface area contributed by atoms with E-state index in [9.17, 15) is 18.0 Å². The number of carbonyl (C=O) groups is 1. The molecule has 1 aromatic heterocycles. The lowest BCUT2D eigenvalue weighted by Gasteiger charge is -2.09. The highest BCUT2D eigenvalue weighted by atomic mass is 19.4. The van der Waals surface area contributed by atoms with Gasteiger partial charge in [-0.2, -0.15) is 13.2 Å². The van der Waals surface area contributed by atoms with Gasteiger partial charge in [0.1, 0.15) is 0 Å². The second-order valence-corrected chi connectivity index (χ2v) is 6.65. The number of hydrogen-bond donors (Lipinski definition) is 0. The number of aromatic nitrogens is 3. The maximum absolute atomic E-state index is 13.1. The molecule has 0 N–H and O–H groups in total. The average Bonchev–Trinajstić information content (AvgIpc) is 3.24. The molecule has 0 aliphatic rings. The quantitative estimate of drug-likeness (QED) is 0.412. The molecule has 31 heavy (non-hydrogen) atoms. The van der Waals surface area contributed by atoms with E-state index in [1.54, 1.807) is 12.1 Å². The predicted octanol–water partition coefficient (Wildman–Crippen LogP) is 5.41. The Hall–Kier alpha value is -3.94.